The minimum Gasteiger partial charge on any atom is -0.342 e. The lowest BCUT2D eigenvalue weighted by atomic mass is 10.1. The van der Waals surface area contributed by atoms with Crippen molar-refractivity contribution < 1.29 is 14.0 Å². The molecule has 0 aliphatic carbocycles. The Morgan fingerprint density at radius 3 is 2.08 bits per heavy atom. The molecule has 1 heterocycles. The number of hydrogen-bond acceptors (Lipinski definition) is 3. The highest BCUT2D eigenvalue weighted by atomic mass is 19.1. The SMILES string of the molecule is CCCN(CCC)C(=O)CN1CCN(C(=O)c2ccc(F)cc2)CC1. The van der Waals surface area contributed by atoms with E-state index in [-0.39, 0.29) is 17.6 Å². The number of amides is 2. The van der Waals surface area contributed by atoms with Crippen LogP contribution < -0.4 is 0 Å². The van der Waals surface area contributed by atoms with Gasteiger partial charge in [-0.1, -0.05) is 13.8 Å². The zero-order valence-corrected chi connectivity index (χ0v) is 15.2. The second kappa shape index (κ2) is 9.51. The van der Waals surface area contributed by atoms with Crippen molar-refractivity contribution in [1.29, 1.82) is 0 Å². The van der Waals surface area contributed by atoms with E-state index in [9.17, 15) is 14.0 Å². The van der Waals surface area contributed by atoms with E-state index < -0.39 is 0 Å². The Hall–Kier alpha value is -1.95. The Morgan fingerprint density at radius 2 is 1.56 bits per heavy atom. The Morgan fingerprint density at radius 1 is 1.00 bits per heavy atom. The van der Waals surface area contributed by atoms with Gasteiger partial charge in [0.15, 0.2) is 0 Å². The average molecular weight is 349 g/mol. The van der Waals surface area contributed by atoms with Crippen molar-refractivity contribution in [2.24, 2.45) is 0 Å². The summed E-state index contributed by atoms with van der Waals surface area (Å²) in [4.78, 5) is 30.7. The van der Waals surface area contributed by atoms with E-state index >= 15 is 0 Å². The molecule has 5 nitrogen and oxygen atoms in total. The van der Waals surface area contributed by atoms with Crippen LogP contribution in [0.25, 0.3) is 0 Å². The molecule has 1 aromatic carbocycles. The molecule has 1 aliphatic heterocycles. The van der Waals surface area contributed by atoms with Gasteiger partial charge in [-0.15, -0.1) is 0 Å². The van der Waals surface area contributed by atoms with Gasteiger partial charge in [-0.3, -0.25) is 14.5 Å². The summed E-state index contributed by atoms with van der Waals surface area (Å²) in [5, 5.41) is 0. The Balaban J connectivity index is 1.83. The molecule has 1 saturated heterocycles. The van der Waals surface area contributed by atoms with Crippen LogP contribution in [0.3, 0.4) is 0 Å². The van der Waals surface area contributed by atoms with Crippen molar-refractivity contribution >= 4 is 11.8 Å². The summed E-state index contributed by atoms with van der Waals surface area (Å²) in [5.74, 6) is -0.254. The van der Waals surface area contributed by atoms with Gasteiger partial charge in [0.05, 0.1) is 6.54 Å². The fourth-order valence-corrected chi connectivity index (χ4v) is 3.08. The zero-order valence-electron chi connectivity index (χ0n) is 15.2. The molecule has 1 fully saturated rings. The van der Waals surface area contributed by atoms with E-state index in [1.54, 1.807) is 4.90 Å². The van der Waals surface area contributed by atoms with Crippen LogP contribution in [0.15, 0.2) is 24.3 Å². The van der Waals surface area contributed by atoms with Crippen molar-refractivity contribution in [2.45, 2.75) is 26.7 Å². The second-order valence-corrected chi connectivity index (χ2v) is 6.46. The zero-order chi connectivity index (χ0) is 18.2. The molecule has 25 heavy (non-hydrogen) atoms. The highest BCUT2D eigenvalue weighted by Crippen LogP contribution is 2.10. The predicted molar refractivity (Wildman–Crippen MR) is 95.9 cm³/mol. The number of carbonyl (C=O) groups excluding carboxylic acids is 2. The fraction of sp³-hybridized carbons (Fsp3) is 0.579. The summed E-state index contributed by atoms with van der Waals surface area (Å²) in [6.07, 6.45) is 1.93. The van der Waals surface area contributed by atoms with Crippen molar-refractivity contribution in [2.75, 3.05) is 45.8 Å². The van der Waals surface area contributed by atoms with Crippen molar-refractivity contribution in [1.82, 2.24) is 14.7 Å². The number of halogens is 1. The van der Waals surface area contributed by atoms with Crippen molar-refractivity contribution in [3.05, 3.63) is 35.6 Å². The molecule has 1 aliphatic rings. The van der Waals surface area contributed by atoms with Crippen LogP contribution in [0.4, 0.5) is 4.39 Å². The molecule has 0 radical (unpaired) electrons. The number of rotatable bonds is 7. The topological polar surface area (TPSA) is 43.9 Å². The summed E-state index contributed by atoms with van der Waals surface area (Å²) < 4.78 is 13.0. The van der Waals surface area contributed by atoms with Gasteiger partial charge in [0, 0.05) is 44.8 Å². The summed E-state index contributed by atoms with van der Waals surface area (Å²) >= 11 is 0. The van der Waals surface area contributed by atoms with E-state index in [4.69, 9.17) is 0 Å². The van der Waals surface area contributed by atoms with Gasteiger partial charge in [0.2, 0.25) is 5.91 Å². The highest BCUT2D eigenvalue weighted by molar-refractivity contribution is 5.94. The van der Waals surface area contributed by atoms with E-state index in [2.05, 4.69) is 18.7 Å². The lowest BCUT2D eigenvalue weighted by Crippen LogP contribution is -2.51. The minimum atomic E-state index is -0.344. The van der Waals surface area contributed by atoms with Gasteiger partial charge < -0.3 is 9.80 Å². The molecule has 0 aromatic heterocycles. The van der Waals surface area contributed by atoms with Crippen LogP contribution in [0.1, 0.15) is 37.0 Å². The van der Waals surface area contributed by atoms with Crippen LogP contribution >= 0.6 is 0 Å². The van der Waals surface area contributed by atoms with Gasteiger partial charge in [-0.25, -0.2) is 4.39 Å². The second-order valence-electron chi connectivity index (χ2n) is 6.46. The van der Waals surface area contributed by atoms with E-state index in [1.807, 2.05) is 4.90 Å². The first-order chi connectivity index (χ1) is 12.0. The van der Waals surface area contributed by atoms with E-state index in [1.165, 1.54) is 24.3 Å². The maximum Gasteiger partial charge on any atom is 0.253 e. The van der Waals surface area contributed by atoms with Gasteiger partial charge >= 0.3 is 0 Å². The molecular formula is C19H28FN3O2. The molecule has 0 spiro atoms. The molecule has 0 unspecified atom stereocenters. The number of hydrogen-bond donors (Lipinski definition) is 0. The summed E-state index contributed by atoms with van der Waals surface area (Å²) in [5.41, 5.74) is 0.503. The molecule has 0 N–H and O–H groups in total. The highest BCUT2D eigenvalue weighted by Gasteiger charge is 2.24. The maximum atomic E-state index is 13.0. The van der Waals surface area contributed by atoms with Crippen molar-refractivity contribution in [3.63, 3.8) is 0 Å². The number of nitrogens with zero attached hydrogens (tertiary/aromatic N) is 3. The number of piperazine rings is 1. The Bertz CT molecular complexity index is 563. The van der Waals surface area contributed by atoms with Crippen LogP contribution in [-0.2, 0) is 4.79 Å². The lowest BCUT2D eigenvalue weighted by Gasteiger charge is -2.35. The molecule has 0 saturated carbocycles. The third-order valence-corrected chi connectivity index (χ3v) is 4.45. The monoisotopic (exact) mass is 349 g/mol. The largest absolute Gasteiger partial charge is 0.342 e. The first-order valence-corrected chi connectivity index (χ1v) is 9.10. The van der Waals surface area contributed by atoms with Crippen molar-refractivity contribution in [3.8, 4) is 0 Å². The first-order valence-electron chi connectivity index (χ1n) is 9.10. The van der Waals surface area contributed by atoms with Crippen LogP contribution in [-0.4, -0.2) is 72.3 Å². The summed E-state index contributed by atoms with van der Waals surface area (Å²) in [7, 11) is 0. The molecular weight excluding hydrogens is 321 g/mol. The minimum absolute atomic E-state index is 0.0791. The number of carbonyl (C=O) groups is 2. The Labute approximate surface area is 149 Å². The first kappa shape index (κ1) is 19.4. The van der Waals surface area contributed by atoms with Crippen LogP contribution in [0.2, 0.25) is 0 Å². The maximum absolute atomic E-state index is 13.0. The smallest absolute Gasteiger partial charge is 0.253 e. The Kier molecular flexibility index (Phi) is 7.37. The predicted octanol–water partition coefficient (Wildman–Crippen LogP) is 2.23. The molecule has 0 bridgehead atoms. The molecule has 2 rings (SSSR count). The molecule has 2 amide bonds. The molecule has 138 valence electrons. The molecule has 1 aromatic rings. The standard InChI is InChI=1S/C19H28FN3O2/c1-3-9-22(10-4-2)18(24)15-21-11-13-23(14-12-21)19(25)16-5-7-17(20)8-6-16/h5-8H,3-4,9-15H2,1-2H3. The van der Waals surface area contributed by atoms with Gasteiger partial charge in [0.1, 0.15) is 5.82 Å². The summed E-state index contributed by atoms with van der Waals surface area (Å²) in [6.45, 7) is 8.72. The van der Waals surface area contributed by atoms with Gasteiger partial charge in [-0.2, -0.15) is 0 Å². The third-order valence-electron chi connectivity index (χ3n) is 4.45. The van der Waals surface area contributed by atoms with Crippen LogP contribution in [0.5, 0.6) is 0 Å². The summed E-state index contributed by atoms with van der Waals surface area (Å²) in [6, 6.07) is 5.64. The quantitative estimate of drug-likeness (QED) is 0.758. The third kappa shape index (κ3) is 5.53. The fourth-order valence-electron chi connectivity index (χ4n) is 3.08. The van der Waals surface area contributed by atoms with E-state index in [0.717, 1.165) is 25.9 Å². The average Bonchev–Trinajstić information content (AvgIpc) is 2.62. The molecule has 6 heteroatoms. The van der Waals surface area contributed by atoms with Gasteiger partial charge in [0.25, 0.3) is 5.91 Å². The number of benzene rings is 1. The van der Waals surface area contributed by atoms with E-state index in [0.29, 0.717) is 38.3 Å². The van der Waals surface area contributed by atoms with Gasteiger partial charge in [-0.05, 0) is 37.1 Å². The molecule has 0 atom stereocenters. The lowest BCUT2D eigenvalue weighted by molar-refractivity contribution is -0.132. The normalized spacial score (nSPS) is 15.2. The van der Waals surface area contributed by atoms with Crippen LogP contribution in [0, 0.1) is 5.82 Å².